The molecule has 5 aliphatic rings. The van der Waals surface area contributed by atoms with Crippen LogP contribution < -0.4 is 17.7 Å². The van der Waals surface area contributed by atoms with Crippen molar-refractivity contribution in [1.82, 2.24) is 0 Å². The van der Waals surface area contributed by atoms with Crippen molar-refractivity contribution in [2.24, 2.45) is 17.3 Å². The molecule has 0 radical (unpaired) electrons. The van der Waals surface area contributed by atoms with Crippen LogP contribution in [0.15, 0.2) is 24.3 Å². The minimum absolute atomic E-state index is 0. The zero-order valence-electron chi connectivity index (χ0n) is 16.4. The van der Waals surface area contributed by atoms with Gasteiger partial charge in [0, 0.05) is 17.5 Å². The lowest BCUT2D eigenvalue weighted by atomic mass is 9.56. The van der Waals surface area contributed by atoms with Crippen LogP contribution in [0.5, 0.6) is 0 Å². The number of esters is 1. The molecule has 1 aromatic rings. The third-order valence-electron chi connectivity index (χ3n) is 9.62. The van der Waals surface area contributed by atoms with E-state index in [2.05, 4.69) is 43.6 Å². The highest BCUT2D eigenvalue weighted by molar-refractivity contribution is 5.82. The second-order valence-corrected chi connectivity index (χ2v) is 9.93. The summed E-state index contributed by atoms with van der Waals surface area (Å²) in [4.78, 5) is 13.0. The van der Waals surface area contributed by atoms with E-state index in [1.807, 2.05) is 0 Å². The van der Waals surface area contributed by atoms with Gasteiger partial charge in [0.2, 0.25) is 0 Å². The maximum atomic E-state index is 13.0. The lowest BCUT2D eigenvalue weighted by Crippen LogP contribution is -3.00. The third kappa shape index (κ3) is 1.52. The van der Waals surface area contributed by atoms with Crippen LogP contribution in [0.1, 0.15) is 38.2 Å². The predicted molar refractivity (Wildman–Crippen MR) is 99.8 cm³/mol. The zero-order chi connectivity index (χ0) is 17.9. The smallest absolute Gasteiger partial charge is 0.311 e. The Balaban J connectivity index is 0.00000160. The molecule has 1 N–H and O–H groups in total. The molecule has 27 heavy (non-hydrogen) atoms. The number of halogens is 1. The summed E-state index contributed by atoms with van der Waals surface area (Å²) < 4.78 is 6.56. The van der Waals surface area contributed by atoms with Crippen molar-refractivity contribution >= 4 is 11.7 Å². The first kappa shape index (κ1) is 17.8. The molecule has 4 fully saturated rings. The molecule has 3 heterocycles. The topological polar surface area (TPSA) is 38.3 Å². The molecule has 146 valence electrons. The van der Waals surface area contributed by atoms with E-state index in [0.29, 0.717) is 12.0 Å². The van der Waals surface area contributed by atoms with Crippen LogP contribution in [0, 0.1) is 17.3 Å². The van der Waals surface area contributed by atoms with Crippen molar-refractivity contribution in [3.63, 3.8) is 0 Å². The number of nitrogens with one attached hydrogen (secondary N) is 1. The Hall–Kier alpha value is -1.26. The van der Waals surface area contributed by atoms with E-state index in [1.165, 1.54) is 48.1 Å². The van der Waals surface area contributed by atoms with Crippen LogP contribution in [-0.2, 0) is 14.9 Å². The van der Waals surface area contributed by atoms with Crippen LogP contribution in [0.3, 0.4) is 0 Å². The molecule has 7 unspecified atom stereocenters. The Kier molecular flexibility index (Phi) is 3.31. The number of rotatable bonds is 1. The second kappa shape index (κ2) is 5.01. The summed E-state index contributed by atoms with van der Waals surface area (Å²) in [5.41, 5.74) is 2.92. The highest BCUT2D eigenvalue weighted by Crippen LogP contribution is 2.80. The molecule has 2 saturated carbocycles. The van der Waals surface area contributed by atoms with Gasteiger partial charge in [-0.1, -0.05) is 25.1 Å². The molecule has 0 aromatic heterocycles. The van der Waals surface area contributed by atoms with Gasteiger partial charge in [-0.25, -0.2) is 0 Å². The van der Waals surface area contributed by atoms with Gasteiger partial charge in [0.05, 0.1) is 44.1 Å². The second-order valence-electron chi connectivity index (χ2n) is 9.93. The molecule has 2 saturated heterocycles. The normalized spacial score (nSPS) is 50.3. The molecule has 7 atom stereocenters. The lowest BCUT2D eigenvalue weighted by Gasteiger charge is -2.54. The lowest BCUT2D eigenvalue weighted by molar-refractivity contribution is -0.936. The molecular formula is C22H29ClN2O2. The van der Waals surface area contributed by atoms with E-state index in [-0.39, 0.29) is 40.7 Å². The van der Waals surface area contributed by atoms with Crippen LogP contribution in [0.25, 0.3) is 0 Å². The van der Waals surface area contributed by atoms with E-state index in [4.69, 9.17) is 4.74 Å². The van der Waals surface area contributed by atoms with E-state index in [1.54, 1.807) is 7.11 Å². The highest BCUT2D eigenvalue weighted by atomic mass is 35.5. The van der Waals surface area contributed by atoms with Gasteiger partial charge in [0.25, 0.3) is 0 Å². The number of hydrogen-bond donors (Lipinski definition) is 1. The maximum absolute atomic E-state index is 13.0. The fourth-order valence-corrected chi connectivity index (χ4v) is 9.19. The SMILES string of the molecule is COC(=O)C1CC23CCC[N+]4(C)CCC5(c6ccccc6NC15C2C)C34.[Cl-]. The number of nitrogens with zero attached hydrogens (tertiary/aromatic N) is 1. The van der Waals surface area contributed by atoms with Gasteiger partial charge >= 0.3 is 5.97 Å². The molecule has 5 heteroatoms. The van der Waals surface area contributed by atoms with Crippen LogP contribution >= 0.6 is 0 Å². The molecule has 6 rings (SSSR count). The molecule has 4 nitrogen and oxygen atoms in total. The van der Waals surface area contributed by atoms with Crippen molar-refractivity contribution in [2.75, 3.05) is 32.6 Å². The third-order valence-corrected chi connectivity index (χ3v) is 9.62. The van der Waals surface area contributed by atoms with Gasteiger partial charge in [-0.15, -0.1) is 0 Å². The van der Waals surface area contributed by atoms with Gasteiger partial charge in [-0.2, -0.15) is 0 Å². The number of fused-ring (bicyclic) bond motifs is 1. The predicted octanol–water partition coefficient (Wildman–Crippen LogP) is -0.0656. The molecular weight excluding hydrogens is 360 g/mol. The number of likely N-dealkylation sites (N-methyl/N-ethyl adjacent to an activating group) is 1. The van der Waals surface area contributed by atoms with Crippen molar-refractivity contribution in [2.45, 2.75) is 49.6 Å². The van der Waals surface area contributed by atoms with Gasteiger partial charge in [0.1, 0.15) is 6.04 Å². The standard InChI is InChI=1S/C22H29N2O2.ClH/c1-14-20-9-6-11-24(2)12-10-21(19(20)24)15-7-4-5-8-17(15)23-22(14,21)16(13-20)18(25)26-3;/h4-5,7-8,14,16,19,23H,6,9-13H2,1-3H3;1H/q+1;/p-1. The van der Waals surface area contributed by atoms with Gasteiger partial charge in [-0.05, 0) is 36.8 Å². The first-order chi connectivity index (χ1) is 12.5. The first-order valence-electron chi connectivity index (χ1n) is 10.3. The molecule has 2 aliphatic carbocycles. The van der Waals surface area contributed by atoms with E-state index in [0.717, 1.165) is 6.42 Å². The Morgan fingerprint density at radius 2 is 2.04 bits per heavy atom. The Morgan fingerprint density at radius 3 is 2.81 bits per heavy atom. The van der Waals surface area contributed by atoms with Crippen molar-refractivity contribution < 1.29 is 26.4 Å². The Bertz CT molecular complexity index is 845. The Morgan fingerprint density at radius 1 is 1.26 bits per heavy atom. The van der Waals surface area contributed by atoms with Gasteiger partial charge in [-0.3, -0.25) is 4.79 Å². The highest BCUT2D eigenvalue weighted by Gasteiger charge is 2.89. The van der Waals surface area contributed by atoms with Crippen molar-refractivity contribution in [3.05, 3.63) is 29.8 Å². The van der Waals surface area contributed by atoms with Crippen molar-refractivity contribution in [1.29, 1.82) is 0 Å². The summed E-state index contributed by atoms with van der Waals surface area (Å²) in [5, 5.41) is 3.99. The number of carbonyl (C=O) groups excluding carboxylic acids is 1. The zero-order valence-corrected chi connectivity index (χ0v) is 17.2. The number of carbonyl (C=O) groups is 1. The number of anilines is 1. The van der Waals surface area contributed by atoms with E-state index in [9.17, 15) is 4.79 Å². The number of piperidine rings is 1. The molecule has 3 spiro atoms. The van der Waals surface area contributed by atoms with Gasteiger partial charge < -0.3 is 26.9 Å². The average Bonchev–Trinajstić information content (AvgIpc) is 3.27. The van der Waals surface area contributed by atoms with Gasteiger partial charge in [0.15, 0.2) is 0 Å². The fourth-order valence-electron chi connectivity index (χ4n) is 9.19. The largest absolute Gasteiger partial charge is 1.00 e. The monoisotopic (exact) mass is 388 g/mol. The van der Waals surface area contributed by atoms with Crippen LogP contribution in [-0.4, -0.2) is 49.3 Å². The Labute approximate surface area is 167 Å². The van der Waals surface area contributed by atoms with Crippen molar-refractivity contribution in [3.8, 4) is 0 Å². The summed E-state index contributed by atoms with van der Waals surface area (Å²) in [6.07, 6.45) is 4.76. The van der Waals surface area contributed by atoms with Crippen LogP contribution in [0.4, 0.5) is 5.69 Å². The summed E-state index contributed by atoms with van der Waals surface area (Å²) in [7, 11) is 4.06. The van der Waals surface area contributed by atoms with E-state index < -0.39 is 0 Å². The van der Waals surface area contributed by atoms with E-state index >= 15 is 0 Å². The molecule has 2 bridgehead atoms. The summed E-state index contributed by atoms with van der Waals surface area (Å²) >= 11 is 0. The molecule has 1 aromatic carbocycles. The molecule has 3 aliphatic heterocycles. The summed E-state index contributed by atoms with van der Waals surface area (Å²) in [6.45, 7) is 4.98. The molecule has 0 amide bonds. The fraction of sp³-hybridized carbons (Fsp3) is 0.682. The first-order valence-corrected chi connectivity index (χ1v) is 10.3. The number of para-hydroxylation sites is 1. The number of quaternary nitrogens is 1. The number of methoxy groups -OCH3 is 1. The maximum Gasteiger partial charge on any atom is 0.311 e. The minimum Gasteiger partial charge on any atom is -1.00 e. The number of hydrogen-bond acceptors (Lipinski definition) is 3. The number of ether oxygens (including phenoxy) is 1. The summed E-state index contributed by atoms with van der Waals surface area (Å²) in [6, 6.07) is 9.52. The quantitative estimate of drug-likeness (QED) is 0.541. The van der Waals surface area contributed by atoms with Crippen LogP contribution in [0.2, 0.25) is 0 Å². The number of benzene rings is 1. The average molecular weight is 389 g/mol. The summed E-state index contributed by atoms with van der Waals surface area (Å²) in [5.74, 6) is 0.462. The minimum atomic E-state index is -0.172.